The molecule has 1 aromatic rings. The zero-order valence-corrected chi connectivity index (χ0v) is 10.9. The van der Waals surface area contributed by atoms with Crippen molar-refractivity contribution in [1.29, 1.82) is 0 Å². The summed E-state index contributed by atoms with van der Waals surface area (Å²) >= 11 is 2.98. The van der Waals surface area contributed by atoms with Gasteiger partial charge in [0.2, 0.25) is 0 Å². The van der Waals surface area contributed by atoms with E-state index in [1.54, 1.807) is 0 Å². The molecule has 94 valence electrons. The van der Waals surface area contributed by atoms with Gasteiger partial charge in [-0.2, -0.15) is 0 Å². The summed E-state index contributed by atoms with van der Waals surface area (Å²) in [4.78, 5) is 0. The van der Waals surface area contributed by atoms with E-state index in [4.69, 9.17) is 4.74 Å². The Labute approximate surface area is 107 Å². The van der Waals surface area contributed by atoms with Crippen LogP contribution in [0.4, 0.5) is 8.78 Å². The summed E-state index contributed by atoms with van der Waals surface area (Å²) in [5.74, 6) is -1.51. The Balaban J connectivity index is 2.30. The summed E-state index contributed by atoms with van der Waals surface area (Å²) in [6.07, 6.45) is -0.388. The Kier molecular flexibility index (Phi) is 3.80. The van der Waals surface area contributed by atoms with Gasteiger partial charge in [0.25, 0.3) is 0 Å². The van der Waals surface area contributed by atoms with Crippen LogP contribution in [-0.4, -0.2) is 17.3 Å². The van der Waals surface area contributed by atoms with Crippen molar-refractivity contribution in [3.05, 3.63) is 33.8 Å². The van der Waals surface area contributed by atoms with Crippen molar-refractivity contribution in [2.45, 2.75) is 38.1 Å². The molecule has 0 aromatic heterocycles. The number of hydrogen-bond donors (Lipinski definition) is 1. The minimum Gasteiger partial charge on any atom is -0.385 e. The first-order valence-corrected chi connectivity index (χ1v) is 6.27. The van der Waals surface area contributed by atoms with Gasteiger partial charge in [-0.1, -0.05) is 0 Å². The molecule has 0 spiro atoms. The first-order valence-electron chi connectivity index (χ1n) is 5.47. The SMILES string of the molecule is CC1CCC(C(O)c2c(F)ccc(Br)c2F)O1. The molecule has 1 aromatic carbocycles. The number of hydrogen-bond acceptors (Lipinski definition) is 2. The molecule has 5 heteroatoms. The van der Waals surface area contributed by atoms with Crippen LogP contribution in [0.2, 0.25) is 0 Å². The summed E-state index contributed by atoms with van der Waals surface area (Å²) in [7, 11) is 0. The molecule has 1 saturated heterocycles. The van der Waals surface area contributed by atoms with Crippen molar-refractivity contribution in [2.24, 2.45) is 0 Å². The molecule has 1 N–H and O–H groups in total. The molecule has 2 nitrogen and oxygen atoms in total. The highest BCUT2D eigenvalue weighted by Crippen LogP contribution is 2.34. The lowest BCUT2D eigenvalue weighted by atomic mass is 10.0. The fourth-order valence-corrected chi connectivity index (χ4v) is 2.41. The summed E-state index contributed by atoms with van der Waals surface area (Å²) < 4.78 is 32.9. The molecule has 1 fully saturated rings. The van der Waals surface area contributed by atoms with Gasteiger partial charge < -0.3 is 9.84 Å². The Morgan fingerprint density at radius 1 is 1.41 bits per heavy atom. The van der Waals surface area contributed by atoms with Gasteiger partial charge in [0, 0.05) is 0 Å². The Hall–Kier alpha value is -0.520. The minimum absolute atomic E-state index is 0.0212. The summed E-state index contributed by atoms with van der Waals surface area (Å²) in [5.41, 5.74) is -0.321. The third-order valence-corrected chi connectivity index (χ3v) is 3.60. The molecular formula is C12H13BrF2O2. The maximum absolute atomic E-state index is 13.8. The van der Waals surface area contributed by atoms with E-state index >= 15 is 0 Å². The number of aliphatic hydroxyl groups is 1. The van der Waals surface area contributed by atoms with E-state index in [1.165, 1.54) is 6.07 Å². The minimum atomic E-state index is -1.27. The van der Waals surface area contributed by atoms with Crippen LogP contribution < -0.4 is 0 Å². The third kappa shape index (κ3) is 2.51. The summed E-state index contributed by atoms with van der Waals surface area (Å²) in [6, 6.07) is 2.41. The maximum atomic E-state index is 13.8. The van der Waals surface area contributed by atoms with E-state index in [9.17, 15) is 13.9 Å². The van der Waals surface area contributed by atoms with Crippen LogP contribution in [0.25, 0.3) is 0 Å². The van der Waals surface area contributed by atoms with E-state index in [-0.39, 0.29) is 16.1 Å². The summed E-state index contributed by atoms with van der Waals surface area (Å²) in [5, 5.41) is 10.00. The number of halogens is 3. The van der Waals surface area contributed by atoms with E-state index in [0.29, 0.717) is 6.42 Å². The van der Waals surface area contributed by atoms with Crippen LogP contribution in [0, 0.1) is 11.6 Å². The normalized spacial score (nSPS) is 26.2. The largest absolute Gasteiger partial charge is 0.385 e. The van der Waals surface area contributed by atoms with Crippen LogP contribution >= 0.6 is 15.9 Å². The average Bonchev–Trinajstić information content (AvgIpc) is 2.71. The molecule has 0 aliphatic carbocycles. The molecule has 3 atom stereocenters. The van der Waals surface area contributed by atoms with Crippen LogP contribution in [0.3, 0.4) is 0 Å². The lowest BCUT2D eigenvalue weighted by molar-refractivity contribution is -0.0325. The first kappa shape index (κ1) is 12.9. The van der Waals surface area contributed by atoms with Gasteiger partial charge in [-0.05, 0) is 47.8 Å². The summed E-state index contributed by atoms with van der Waals surface area (Å²) in [6.45, 7) is 1.88. The molecular weight excluding hydrogens is 294 g/mol. The van der Waals surface area contributed by atoms with Crippen molar-refractivity contribution in [2.75, 3.05) is 0 Å². The second-order valence-electron chi connectivity index (χ2n) is 4.26. The zero-order chi connectivity index (χ0) is 12.6. The molecule has 2 rings (SSSR count). The van der Waals surface area contributed by atoms with Crippen LogP contribution in [0.15, 0.2) is 16.6 Å². The van der Waals surface area contributed by atoms with E-state index in [0.717, 1.165) is 12.5 Å². The Morgan fingerprint density at radius 3 is 2.71 bits per heavy atom. The highest BCUT2D eigenvalue weighted by molar-refractivity contribution is 9.10. The predicted molar refractivity (Wildman–Crippen MR) is 62.6 cm³/mol. The molecule has 1 aliphatic rings. The van der Waals surface area contributed by atoms with Crippen molar-refractivity contribution in [1.82, 2.24) is 0 Å². The quantitative estimate of drug-likeness (QED) is 0.849. The zero-order valence-electron chi connectivity index (χ0n) is 9.29. The molecule has 3 unspecified atom stereocenters. The highest BCUT2D eigenvalue weighted by Gasteiger charge is 2.33. The fourth-order valence-electron chi connectivity index (χ4n) is 2.07. The van der Waals surface area contributed by atoms with E-state index in [2.05, 4.69) is 15.9 Å². The first-order chi connectivity index (χ1) is 8.00. The van der Waals surface area contributed by atoms with E-state index in [1.807, 2.05) is 6.92 Å². The molecule has 1 heterocycles. The van der Waals surface area contributed by atoms with Crippen LogP contribution in [0.1, 0.15) is 31.4 Å². The maximum Gasteiger partial charge on any atom is 0.146 e. The molecule has 0 saturated carbocycles. The molecule has 0 radical (unpaired) electrons. The average molecular weight is 307 g/mol. The number of benzene rings is 1. The fraction of sp³-hybridized carbons (Fsp3) is 0.500. The smallest absolute Gasteiger partial charge is 0.146 e. The standard InChI is InChI=1S/C12H13BrF2O2/c1-6-2-5-9(17-6)12(16)10-8(14)4-3-7(13)11(10)15/h3-4,6,9,12,16H,2,5H2,1H3. The number of ether oxygens (including phenoxy) is 1. The molecule has 17 heavy (non-hydrogen) atoms. The van der Waals surface area contributed by atoms with Gasteiger partial charge in [0.05, 0.1) is 22.2 Å². The number of rotatable bonds is 2. The van der Waals surface area contributed by atoms with Crippen molar-refractivity contribution in [3.63, 3.8) is 0 Å². The topological polar surface area (TPSA) is 29.5 Å². The van der Waals surface area contributed by atoms with Gasteiger partial charge in [-0.3, -0.25) is 0 Å². The third-order valence-electron chi connectivity index (χ3n) is 2.99. The monoisotopic (exact) mass is 306 g/mol. The lowest BCUT2D eigenvalue weighted by Gasteiger charge is -2.20. The predicted octanol–water partition coefficient (Wildman–Crippen LogP) is 3.33. The second kappa shape index (κ2) is 5.00. The van der Waals surface area contributed by atoms with Crippen molar-refractivity contribution < 1.29 is 18.6 Å². The Bertz CT molecular complexity index is 425. The lowest BCUT2D eigenvalue weighted by Crippen LogP contribution is -2.21. The van der Waals surface area contributed by atoms with Crippen molar-refractivity contribution >= 4 is 15.9 Å². The van der Waals surface area contributed by atoms with Gasteiger partial charge in [0.1, 0.15) is 17.7 Å². The Morgan fingerprint density at radius 2 is 2.12 bits per heavy atom. The van der Waals surface area contributed by atoms with Gasteiger partial charge in [0.15, 0.2) is 0 Å². The highest BCUT2D eigenvalue weighted by atomic mass is 79.9. The van der Waals surface area contributed by atoms with Crippen molar-refractivity contribution in [3.8, 4) is 0 Å². The van der Waals surface area contributed by atoms with Crippen LogP contribution in [-0.2, 0) is 4.74 Å². The van der Waals surface area contributed by atoms with Crippen LogP contribution in [0.5, 0.6) is 0 Å². The number of aliphatic hydroxyl groups excluding tert-OH is 1. The molecule has 0 amide bonds. The molecule has 1 aliphatic heterocycles. The van der Waals surface area contributed by atoms with Gasteiger partial charge in [-0.25, -0.2) is 8.78 Å². The van der Waals surface area contributed by atoms with E-state index < -0.39 is 23.8 Å². The van der Waals surface area contributed by atoms with Gasteiger partial charge >= 0.3 is 0 Å². The van der Waals surface area contributed by atoms with Gasteiger partial charge in [-0.15, -0.1) is 0 Å². The second-order valence-corrected chi connectivity index (χ2v) is 5.12. The molecule has 0 bridgehead atoms.